The Labute approximate surface area is 99.5 Å². The molecule has 1 unspecified atom stereocenters. The van der Waals surface area contributed by atoms with E-state index in [1.807, 2.05) is 23.6 Å². The zero-order valence-electron chi connectivity index (χ0n) is 10.0. The van der Waals surface area contributed by atoms with Gasteiger partial charge in [0.15, 0.2) is 17.0 Å². The lowest BCUT2D eigenvalue weighted by molar-refractivity contribution is 0.499. The van der Waals surface area contributed by atoms with Gasteiger partial charge < -0.3 is 16.4 Å². The Balaban J connectivity index is 2.51. The Morgan fingerprint density at radius 2 is 2.12 bits per heavy atom. The number of anilines is 1. The molecule has 2 heterocycles. The van der Waals surface area contributed by atoms with Gasteiger partial charge in [-0.1, -0.05) is 0 Å². The van der Waals surface area contributed by atoms with Crippen molar-refractivity contribution in [3.63, 3.8) is 0 Å². The minimum atomic E-state index is -0.199. The van der Waals surface area contributed by atoms with Crippen LogP contribution in [0.15, 0.2) is 12.7 Å². The van der Waals surface area contributed by atoms with Crippen LogP contribution >= 0.6 is 0 Å². The van der Waals surface area contributed by atoms with Crippen molar-refractivity contribution in [2.75, 3.05) is 25.5 Å². The van der Waals surface area contributed by atoms with Crippen molar-refractivity contribution < 1.29 is 0 Å². The summed E-state index contributed by atoms with van der Waals surface area (Å²) in [4.78, 5) is 14.6. The topological polar surface area (TPSA) is 98.9 Å². The lowest BCUT2D eigenvalue weighted by Crippen LogP contribution is -2.21. The highest BCUT2D eigenvalue weighted by Gasteiger charge is 2.14. The second kappa shape index (κ2) is 4.64. The average molecular weight is 235 g/mol. The maximum atomic E-state index is 6.01. The lowest BCUT2D eigenvalue weighted by Gasteiger charge is -2.13. The van der Waals surface area contributed by atoms with Crippen LogP contribution in [0.3, 0.4) is 0 Å². The minimum absolute atomic E-state index is 0.199. The summed E-state index contributed by atoms with van der Waals surface area (Å²) in [6, 6.07) is 0. The van der Waals surface area contributed by atoms with Crippen LogP contribution in [0.5, 0.6) is 0 Å². The molecule has 0 bridgehead atoms. The standard InChI is InChI=1S/C10H17N7/c1-16(2)9-8-10(14-5-13-9)17(6-15-8)7(12)3-4-11/h5-7H,3-4,11-12H2,1-2H3. The van der Waals surface area contributed by atoms with Gasteiger partial charge in [-0.15, -0.1) is 0 Å². The van der Waals surface area contributed by atoms with Crippen molar-refractivity contribution in [1.29, 1.82) is 0 Å². The minimum Gasteiger partial charge on any atom is -0.361 e. The predicted molar refractivity (Wildman–Crippen MR) is 66.5 cm³/mol. The molecule has 2 aromatic heterocycles. The van der Waals surface area contributed by atoms with Crippen LogP contribution in [0, 0.1) is 0 Å². The van der Waals surface area contributed by atoms with Crippen LogP contribution in [0.2, 0.25) is 0 Å². The molecule has 17 heavy (non-hydrogen) atoms. The van der Waals surface area contributed by atoms with Gasteiger partial charge in [0.25, 0.3) is 0 Å². The van der Waals surface area contributed by atoms with Crippen LogP contribution in [0.4, 0.5) is 5.82 Å². The van der Waals surface area contributed by atoms with Gasteiger partial charge >= 0.3 is 0 Å². The van der Waals surface area contributed by atoms with Gasteiger partial charge in [0, 0.05) is 14.1 Å². The van der Waals surface area contributed by atoms with Gasteiger partial charge in [0.05, 0.1) is 12.5 Å². The van der Waals surface area contributed by atoms with Crippen LogP contribution < -0.4 is 16.4 Å². The molecule has 2 rings (SSSR count). The molecule has 0 aliphatic carbocycles. The number of nitrogens with zero attached hydrogens (tertiary/aromatic N) is 5. The van der Waals surface area contributed by atoms with E-state index in [2.05, 4.69) is 15.0 Å². The molecule has 0 saturated heterocycles. The smallest absolute Gasteiger partial charge is 0.166 e. The fourth-order valence-corrected chi connectivity index (χ4v) is 1.72. The first kappa shape index (κ1) is 11.7. The fourth-order valence-electron chi connectivity index (χ4n) is 1.72. The fraction of sp³-hybridized carbons (Fsp3) is 0.500. The number of fused-ring (bicyclic) bond motifs is 1. The summed E-state index contributed by atoms with van der Waals surface area (Å²) in [5.74, 6) is 0.786. The third-order valence-electron chi connectivity index (χ3n) is 2.58. The van der Waals surface area contributed by atoms with E-state index in [1.165, 1.54) is 6.33 Å². The highest BCUT2D eigenvalue weighted by Crippen LogP contribution is 2.21. The van der Waals surface area contributed by atoms with E-state index in [-0.39, 0.29) is 6.17 Å². The summed E-state index contributed by atoms with van der Waals surface area (Å²) >= 11 is 0. The molecule has 0 aromatic carbocycles. The molecule has 0 aliphatic heterocycles. The molecule has 92 valence electrons. The molecule has 7 heteroatoms. The summed E-state index contributed by atoms with van der Waals surface area (Å²) in [5.41, 5.74) is 13.0. The first-order valence-corrected chi connectivity index (χ1v) is 5.45. The van der Waals surface area contributed by atoms with Crippen LogP contribution in [0.25, 0.3) is 11.2 Å². The normalized spacial score (nSPS) is 12.9. The predicted octanol–water partition coefficient (Wildman–Crippen LogP) is -0.302. The number of nitrogens with two attached hydrogens (primary N) is 2. The van der Waals surface area contributed by atoms with E-state index in [0.29, 0.717) is 13.0 Å². The molecule has 7 nitrogen and oxygen atoms in total. The third-order valence-corrected chi connectivity index (χ3v) is 2.58. The van der Waals surface area contributed by atoms with Crippen LogP contribution in [0.1, 0.15) is 12.6 Å². The number of rotatable bonds is 4. The maximum absolute atomic E-state index is 6.01. The lowest BCUT2D eigenvalue weighted by atomic mass is 10.3. The highest BCUT2D eigenvalue weighted by molar-refractivity contribution is 5.83. The Kier molecular flexibility index (Phi) is 3.21. The Bertz CT molecular complexity index is 504. The number of hydrogen-bond acceptors (Lipinski definition) is 6. The van der Waals surface area contributed by atoms with E-state index >= 15 is 0 Å². The van der Waals surface area contributed by atoms with Crippen molar-refractivity contribution in [2.24, 2.45) is 11.5 Å². The molecule has 0 radical (unpaired) electrons. The summed E-state index contributed by atoms with van der Waals surface area (Å²) < 4.78 is 1.83. The Hall–Kier alpha value is -1.73. The van der Waals surface area contributed by atoms with Crippen LogP contribution in [-0.2, 0) is 0 Å². The third kappa shape index (κ3) is 2.06. The molecule has 0 aliphatic rings. The van der Waals surface area contributed by atoms with Gasteiger partial charge in [-0.05, 0) is 13.0 Å². The molecule has 1 atom stereocenters. The van der Waals surface area contributed by atoms with E-state index in [0.717, 1.165) is 17.0 Å². The Morgan fingerprint density at radius 1 is 1.35 bits per heavy atom. The van der Waals surface area contributed by atoms with Crippen molar-refractivity contribution >= 4 is 17.0 Å². The molecular formula is C10H17N7. The molecule has 2 aromatic rings. The molecule has 4 N–H and O–H groups in total. The zero-order valence-corrected chi connectivity index (χ0v) is 10.0. The monoisotopic (exact) mass is 235 g/mol. The van der Waals surface area contributed by atoms with Crippen molar-refractivity contribution in [1.82, 2.24) is 19.5 Å². The average Bonchev–Trinajstić information content (AvgIpc) is 2.72. The van der Waals surface area contributed by atoms with E-state index in [4.69, 9.17) is 11.5 Å². The second-order valence-electron chi connectivity index (χ2n) is 4.06. The summed E-state index contributed by atoms with van der Waals surface area (Å²) in [6.07, 6.45) is 3.69. The van der Waals surface area contributed by atoms with Gasteiger partial charge in [-0.2, -0.15) is 0 Å². The van der Waals surface area contributed by atoms with Crippen molar-refractivity contribution in [3.8, 4) is 0 Å². The maximum Gasteiger partial charge on any atom is 0.166 e. The summed E-state index contributed by atoms with van der Waals surface area (Å²) in [7, 11) is 3.83. The number of aromatic nitrogens is 4. The molecule has 0 amide bonds. The van der Waals surface area contributed by atoms with E-state index in [1.54, 1.807) is 6.33 Å². The van der Waals surface area contributed by atoms with Gasteiger partial charge in [-0.25, -0.2) is 15.0 Å². The molecule has 0 fully saturated rings. The van der Waals surface area contributed by atoms with Gasteiger partial charge in [-0.3, -0.25) is 4.57 Å². The zero-order chi connectivity index (χ0) is 12.4. The quantitative estimate of drug-likeness (QED) is 0.754. The highest BCUT2D eigenvalue weighted by atomic mass is 15.2. The van der Waals surface area contributed by atoms with Gasteiger partial charge in [0.1, 0.15) is 6.33 Å². The summed E-state index contributed by atoms with van der Waals surface area (Å²) in [6.45, 7) is 0.534. The number of imidazole rings is 1. The van der Waals surface area contributed by atoms with E-state index < -0.39 is 0 Å². The van der Waals surface area contributed by atoms with Crippen molar-refractivity contribution in [3.05, 3.63) is 12.7 Å². The SMILES string of the molecule is CN(C)c1ncnc2c1ncn2C(N)CCN. The molecular weight excluding hydrogens is 218 g/mol. The largest absolute Gasteiger partial charge is 0.361 e. The first-order valence-electron chi connectivity index (χ1n) is 5.45. The molecule has 0 saturated carbocycles. The second-order valence-corrected chi connectivity index (χ2v) is 4.06. The molecule has 0 spiro atoms. The van der Waals surface area contributed by atoms with E-state index in [9.17, 15) is 0 Å². The Morgan fingerprint density at radius 3 is 2.76 bits per heavy atom. The number of hydrogen-bond donors (Lipinski definition) is 2. The summed E-state index contributed by atoms with van der Waals surface area (Å²) in [5, 5.41) is 0. The van der Waals surface area contributed by atoms with Gasteiger partial charge in [0.2, 0.25) is 0 Å². The first-order chi connectivity index (χ1) is 8.15. The van der Waals surface area contributed by atoms with Crippen LogP contribution in [-0.4, -0.2) is 40.2 Å². The van der Waals surface area contributed by atoms with Crippen molar-refractivity contribution in [2.45, 2.75) is 12.6 Å².